The Hall–Kier alpha value is -3.15. The van der Waals surface area contributed by atoms with Crippen LogP contribution in [0.1, 0.15) is 13.8 Å². The molecule has 6 heteroatoms. The second-order valence-corrected chi connectivity index (χ2v) is 5.51. The Morgan fingerprint density at radius 2 is 1.71 bits per heavy atom. The molecular formula is C18H18N4O2. The van der Waals surface area contributed by atoms with Gasteiger partial charge in [-0.1, -0.05) is 42.5 Å². The van der Waals surface area contributed by atoms with Crippen LogP contribution in [-0.2, 0) is 0 Å². The van der Waals surface area contributed by atoms with E-state index in [0.717, 1.165) is 5.56 Å². The number of hydrogen-bond donors (Lipinski definition) is 2. The normalized spacial score (nSPS) is 10.6. The maximum absolute atomic E-state index is 12.3. The van der Waals surface area contributed by atoms with E-state index in [2.05, 4.69) is 20.5 Å². The van der Waals surface area contributed by atoms with Gasteiger partial charge < -0.3 is 10.1 Å². The van der Waals surface area contributed by atoms with E-state index in [-0.39, 0.29) is 23.3 Å². The molecule has 6 nitrogen and oxygen atoms in total. The van der Waals surface area contributed by atoms with Gasteiger partial charge in [0.25, 0.3) is 5.56 Å². The van der Waals surface area contributed by atoms with E-state index in [1.165, 1.54) is 0 Å². The van der Waals surface area contributed by atoms with Crippen LogP contribution in [0.2, 0.25) is 0 Å². The van der Waals surface area contributed by atoms with Gasteiger partial charge in [0.2, 0.25) is 5.95 Å². The minimum absolute atomic E-state index is 0.0403. The number of aromatic amines is 1. The third kappa shape index (κ3) is 3.60. The third-order valence-electron chi connectivity index (χ3n) is 3.25. The molecule has 122 valence electrons. The Morgan fingerprint density at radius 3 is 2.42 bits per heavy atom. The van der Waals surface area contributed by atoms with Gasteiger partial charge in [0.05, 0.1) is 11.8 Å². The van der Waals surface area contributed by atoms with Gasteiger partial charge >= 0.3 is 0 Å². The predicted molar refractivity (Wildman–Crippen MR) is 93.6 cm³/mol. The lowest BCUT2D eigenvalue weighted by Gasteiger charge is -2.14. The Kier molecular flexibility index (Phi) is 4.56. The van der Waals surface area contributed by atoms with Crippen molar-refractivity contribution in [3.8, 4) is 17.0 Å². The van der Waals surface area contributed by atoms with E-state index < -0.39 is 0 Å². The fourth-order valence-corrected chi connectivity index (χ4v) is 2.23. The number of hydrogen-bond acceptors (Lipinski definition) is 5. The molecule has 0 unspecified atom stereocenters. The van der Waals surface area contributed by atoms with Crippen LogP contribution in [0, 0.1) is 0 Å². The lowest BCUT2D eigenvalue weighted by Crippen LogP contribution is -2.16. The quantitative estimate of drug-likeness (QED) is 0.753. The van der Waals surface area contributed by atoms with Gasteiger partial charge in [-0.25, -0.2) is 0 Å². The highest BCUT2D eigenvalue weighted by Gasteiger charge is 2.10. The van der Waals surface area contributed by atoms with Crippen molar-refractivity contribution in [2.24, 2.45) is 0 Å². The molecule has 1 aromatic heterocycles. The molecule has 2 aromatic carbocycles. The van der Waals surface area contributed by atoms with Crippen LogP contribution >= 0.6 is 0 Å². The topological polar surface area (TPSA) is 79.9 Å². The standard InChI is InChI=1S/C18H18N4O2/c1-12(2)24-15-11-7-6-10-14(15)19-18-20-17(23)16(21-22-18)13-8-4-3-5-9-13/h3-12H,1-2H3,(H2,19,20,22,23). The molecule has 3 rings (SSSR count). The second kappa shape index (κ2) is 6.95. The lowest BCUT2D eigenvalue weighted by molar-refractivity contribution is 0.244. The average molecular weight is 322 g/mol. The minimum atomic E-state index is -0.305. The number of benzene rings is 2. The Bertz CT molecular complexity index is 875. The number of aromatic nitrogens is 3. The number of nitrogens with one attached hydrogen (secondary N) is 2. The second-order valence-electron chi connectivity index (χ2n) is 5.51. The number of nitrogens with zero attached hydrogens (tertiary/aromatic N) is 2. The Labute approximate surface area is 139 Å². The molecule has 0 amide bonds. The number of H-pyrrole nitrogens is 1. The van der Waals surface area contributed by atoms with Crippen LogP contribution in [0.25, 0.3) is 11.3 Å². The maximum Gasteiger partial charge on any atom is 0.279 e. The highest BCUT2D eigenvalue weighted by molar-refractivity contribution is 5.63. The van der Waals surface area contributed by atoms with Gasteiger partial charge in [-0.3, -0.25) is 9.78 Å². The van der Waals surface area contributed by atoms with Crippen LogP contribution < -0.4 is 15.6 Å². The fraction of sp³-hybridized carbons (Fsp3) is 0.167. The van der Waals surface area contributed by atoms with Crippen molar-refractivity contribution in [3.05, 3.63) is 65.0 Å². The zero-order chi connectivity index (χ0) is 16.9. The summed E-state index contributed by atoms with van der Waals surface area (Å²) in [6.07, 6.45) is 0.0403. The molecule has 0 aliphatic carbocycles. The molecule has 0 fully saturated rings. The molecule has 1 heterocycles. The van der Waals surface area contributed by atoms with Crippen LogP contribution in [0.4, 0.5) is 11.6 Å². The lowest BCUT2D eigenvalue weighted by atomic mass is 10.2. The highest BCUT2D eigenvalue weighted by Crippen LogP contribution is 2.26. The summed E-state index contributed by atoms with van der Waals surface area (Å²) < 4.78 is 5.74. The summed E-state index contributed by atoms with van der Waals surface area (Å²) in [5, 5.41) is 11.1. The van der Waals surface area contributed by atoms with Gasteiger partial charge in [0.1, 0.15) is 5.75 Å². The summed E-state index contributed by atoms with van der Waals surface area (Å²) in [7, 11) is 0. The Morgan fingerprint density at radius 1 is 1.00 bits per heavy atom. The molecule has 0 radical (unpaired) electrons. The van der Waals surface area contributed by atoms with Gasteiger partial charge in [-0.2, -0.15) is 0 Å². The van der Waals surface area contributed by atoms with Crippen molar-refractivity contribution in [1.29, 1.82) is 0 Å². The molecular weight excluding hydrogens is 304 g/mol. The fourth-order valence-electron chi connectivity index (χ4n) is 2.23. The van der Waals surface area contributed by atoms with E-state index >= 15 is 0 Å². The van der Waals surface area contributed by atoms with Crippen molar-refractivity contribution in [2.75, 3.05) is 5.32 Å². The van der Waals surface area contributed by atoms with Gasteiger partial charge in [0, 0.05) is 5.56 Å². The first-order valence-electron chi connectivity index (χ1n) is 7.68. The average Bonchev–Trinajstić information content (AvgIpc) is 2.57. The van der Waals surface area contributed by atoms with Gasteiger partial charge in [0.15, 0.2) is 5.69 Å². The van der Waals surface area contributed by atoms with Gasteiger partial charge in [-0.05, 0) is 26.0 Å². The zero-order valence-corrected chi connectivity index (χ0v) is 13.5. The molecule has 0 aliphatic rings. The van der Waals surface area contributed by atoms with E-state index in [4.69, 9.17) is 4.74 Å². The monoisotopic (exact) mass is 322 g/mol. The molecule has 0 atom stereocenters. The van der Waals surface area contributed by atoms with Crippen molar-refractivity contribution in [1.82, 2.24) is 15.2 Å². The number of ether oxygens (including phenoxy) is 1. The molecule has 24 heavy (non-hydrogen) atoms. The predicted octanol–water partition coefficient (Wildman–Crippen LogP) is 3.36. The zero-order valence-electron chi connectivity index (χ0n) is 13.5. The van der Waals surface area contributed by atoms with Crippen LogP contribution in [0.3, 0.4) is 0 Å². The van der Waals surface area contributed by atoms with Gasteiger partial charge in [-0.15, -0.1) is 10.2 Å². The highest BCUT2D eigenvalue weighted by atomic mass is 16.5. The Balaban J connectivity index is 1.88. The van der Waals surface area contributed by atoms with E-state index in [9.17, 15) is 4.79 Å². The van der Waals surface area contributed by atoms with Crippen molar-refractivity contribution < 1.29 is 4.74 Å². The van der Waals surface area contributed by atoms with Crippen molar-refractivity contribution >= 4 is 11.6 Å². The summed E-state index contributed by atoms with van der Waals surface area (Å²) >= 11 is 0. The van der Waals surface area contributed by atoms with E-state index in [1.807, 2.05) is 68.4 Å². The number of rotatable bonds is 5. The summed E-state index contributed by atoms with van der Waals surface area (Å²) in [5.41, 5.74) is 1.42. The summed E-state index contributed by atoms with van der Waals surface area (Å²) in [6.45, 7) is 3.90. The van der Waals surface area contributed by atoms with E-state index in [0.29, 0.717) is 11.4 Å². The third-order valence-corrected chi connectivity index (χ3v) is 3.25. The largest absolute Gasteiger partial charge is 0.489 e. The summed E-state index contributed by atoms with van der Waals surface area (Å²) in [5.74, 6) is 0.946. The van der Waals surface area contributed by atoms with Crippen molar-refractivity contribution in [2.45, 2.75) is 20.0 Å². The van der Waals surface area contributed by atoms with Crippen LogP contribution in [0.5, 0.6) is 5.75 Å². The number of para-hydroxylation sites is 2. The summed E-state index contributed by atoms with van der Waals surface area (Å²) in [6, 6.07) is 16.7. The molecule has 0 bridgehead atoms. The van der Waals surface area contributed by atoms with Crippen LogP contribution in [0.15, 0.2) is 59.4 Å². The molecule has 2 N–H and O–H groups in total. The first-order chi connectivity index (χ1) is 11.6. The first kappa shape index (κ1) is 15.7. The molecule has 0 saturated carbocycles. The SMILES string of the molecule is CC(C)Oc1ccccc1Nc1nnc(-c2ccccc2)c(=O)[nH]1. The minimum Gasteiger partial charge on any atom is -0.489 e. The van der Waals surface area contributed by atoms with Crippen molar-refractivity contribution in [3.63, 3.8) is 0 Å². The molecule has 0 saturated heterocycles. The van der Waals surface area contributed by atoms with Crippen LogP contribution in [-0.4, -0.2) is 21.3 Å². The molecule has 0 spiro atoms. The van der Waals surface area contributed by atoms with E-state index in [1.54, 1.807) is 0 Å². The molecule has 3 aromatic rings. The first-order valence-corrected chi connectivity index (χ1v) is 7.68. The smallest absolute Gasteiger partial charge is 0.279 e. The number of anilines is 2. The molecule has 0 aliphatic heterocycles. The maximum atomic E-state index is 12.3. The summed E-state index contributed by atoms with van der Waals surface area (Å²) in [4.78, 5) is 15.0.